The fraction of sp³-hybridized carbons (Fsp3) is 0.462. The van der Waals surface area contributed by atoms with Crippen LogP contribution in [0.2, 0.25) is 0 Å². The van der Waals surface area contributed by atoms with Gasteiger partial charge in [-0.15, -0.1) is 11.8 Å². The molecular weight excluding hydrogens is 246 g/mol. The van der Waals surface area contributed by atoms with Gasteiger partial charge in [0.15, 0.2) is 0 Å². The van der Waals surface area contributed by atoms with Crippen LogP contribution in [-0.4, -0.2) is 30.8 Å². The van der Waals surface area contributed by atoms with Crippen LogP contribution in [-0.2, 0) is 4.79 Å². The molecule has 0 bridgehead atoms. The van der Waals surface area contributed by atoms with Crippen LogP contribution in [0, 0.1) is 0 Å². The summed E-state index contributed by atoms with van der Waals surface area (Å²) in [5.74, 6) is 0.755. The van der Waals surface area contributed by atoms with Crippen molar-refractivity contribution in [1.82, 2.24) is 5.32 Å². The van der Waals surface area contributed by atoms with Crippen molar-refractivity contribution >= 4 is 29.0 Å². The van der Waals surface area contributed by atoms with Crippen LogP contribution < -0.4 is 16.0 Å². The van der Waals surface area contributed by atoms with Gasteiger partial charge in [-0.05, 0) is 44.1 Å². The lowest BCUT2D eigenvalue weighted by Gasteiger charge is -2.38. The minimum absolute atomic E-state index is 0.213. The molecule has 0 unspecified atom stereocenters. The van der Waals surface area contributed by atoms with E-state index in [1.54, 1.807) is 11.8 Å². The van der Waals surface area contributed by atoms with E-state index < -0.39 is 0 Å². The van der Waals surface area contributed by atoms with Crippen molar-refractivity contribution in [3.63, 3.8) is 0 Å². The molecule has 0 saturated carbocycles. The molecule has 96 valence electrons. The molecule has 5 heteroatoms. The summed E-state index contributed by atoms with van der Waals surface area (Å²) in [6.07, 6.45) is 2.04. The second-order valence-corrected chi connectivity index (χ2v) is 5.78. The number of thioether (sulfide) groups is 1. The van der Waals surface area contributed by atoms with Crippen LogP contribution in [0.15, 0.2) is 23.1 Å². The molecule has 1 amide bonds. The number of nitrogen functional groups attached to an aromatic ring is 1. The van der Waals surface area contributed by atoms with Crippen LogP contribution in [0.4, 0.5) is 11.4 Å². The Morgan fingerprint density at radius 1 is 1.33 bits per heavy atom. The molecule has 1 fully saturated rings. The van der Waals surface area contributed by atoms with E-state index >= 15 is 0 Å². The number of nitrogens with one attached hydrogen (secondary N) is 1. The van der Waals surface area contributed by atoms with Gasteiger partial charge < -0.3 is 16.0 Å². The molecule has 2 aliphatic rings. The Kier molecular flexibility index (Phi) is 3.18. The number of nitrogens with two attached hydrogens (primary N) is 1. The number of anilines is 2. The topological polar surface area (TPSA) is 58.4 Å². The quantitative estimate of drug-likeness (QED) is 0.753. The summed E-state index contributed by atoms with van der Waals surface area (Å²) >= 11 is 1.61. The molecule has 0 aliphatic carbocycles. The molecule has 1 aromatic carbocycles. The van der Waals surface area contributed by atoms with Crippen molar-refractivity contribution in [2.24, 2.45) is 0 Å². The number of fused-ring (bicyclic) bond motifs is 1. The second-order valence-electron chi connectivity index (χ2n) is 4.76. The first-order valence-electron chi connectivity index (χ1n) is 6.31. The fourth-order valence-electron chi connectivity index (χ4n) is 2.65. The first kappa shape index (κ1) is 11.9. The molecular formula is C13H17N3OS. The van der Waals surface area contributed by atoms with Crippen LogP contribution in [0.5, 0.6) is 0 Å². The van der Waals surface area contributed by atoms with E-state index in [1.165, 1.54) is 4.90 Å². The maximum atomic E-state index is 12.2. The minimum Gasteiger partial charge on any atom is -0.399 e. The van der Waals surface area contributed by atoms with E-state index in [0.29, 0.717) is 11.8 Å². The highest BCUT2D eigenvalue weighted by atomic mass is 32.2. The molecule has 1 aromatic rings. The lowest BCUT2D eigenvalue weighted by molar-refractivity contribution is -0.116. The zero-order valence-corrected chi connectivity index (χ0v) is 11.0. The third-order valence-corrected chi connectivity index (χ3v) is 4.58. The Hall–Kier alpha value is -1.20. The molecule has 0 atom stereocenters. The van der Waals surface area contributed by atoms with Gasteiger partial charge in [-0.25, -0.2) is 0 Å². The van der Waals surface area contributed by atoms with Gasteiger partial charge in [0.05, 0.1) is 11.4 Å². The number of carbonyl (C=O) groups is 1. The molecule has 0 spiro atoms. The SMILES string of the molecule is Nc1ccc2c(c1)N(C1CCNCC1)C(=O)CS2. The summed E-state index contributed by atoms with van der Waals surface area (Å²) in [7, 11) is 0. The maximum Gasteiger partial charge on any atom is 0.237 e. The van der Waals surface area contributed by atoms with E-state index in [1.807, 2.05) is 23.1 Å². The van der Waals surface area contributed by atoms with Gasteiger partial charge in [0.1, 0.15) is 0 Å². The summed E-state index contributed by atoms with van der Waals surface area (Å²) in [4.78, 5) is 15.4. The molecule has 0 aromatic heterocycles. The lowest BCUT2D eigenvalue weighted by atomic mass is 10.0. The number of amides is 1. The highest BCUT2D eigenvalue weighted by Crippen LogP contribution is 2.38. The van der Waals surface area contributed by atoms with Gasteiger partial charge in [-0.3, -0.25) is 4.79 Å². The number of hydrogen-bond donors (Lipinski definition) is 2. The monoisotopic (exact) mass is 263 g/mol. The Morgan fingerprint density at radius 2 is 2.11 bits per heavy atom. The van der Waals surface area contributed by atoms with Crippen LogP contribution >= 0.6 is 11.8 Å². The van der Waals surface area contributed by atoms with E-state index in [-0.39, 0.29) is 5.91 Å². The lowest BCUT2D eigenvalue weighted by Crippen LogP contribution is -2.48. The van der Waals surface area contributed by atoms with Gasteiger partial charge >= 0.3 is 0 Å². The predicted molar refractivity (Wildman–Crippen MR) is 75.0 cm³/mol. The van der Waals surface area contributed by atoms with E-state index in [4.69, 9.17) is 5.73 Å². The average Bonchev–Trinajstić information content (AvgIpc) is 2.39. The summed E-state index contributed by atoms with van der Waals surface area (Å²) in [6.45, 7) is 1.97. The Balaban J connectivity index is 1.97. The van der Waals surface area contributed by atoms with Crippen LogP contribution in [0.1, 0.15) is 12.8 Å². The van der Waals surface area contributed by atoms with E-state index in [0.717, 1.165) is 37.3 Å². The number of piperidine rings is 1. The predicted octanol–water partition coefficient (Wildman–Crippen LogP) is 1.46. The summed E-state index contributed by atoms with van der Waals surface area (Å²) < 4.78 is 0. The van der Waals surface area contributed by atoms with E-state index in [9.17, 15) is 4.79 Å². The van der Waals surface area contributed by atoms with Gasteiger partial charge in [0.25, 0.3) is 0 Å². The maximum absolute atomic E-state index is 12.2. The number of carbonyl (C=O) groups excluding carboxylic acids is 1. The highest BCUT2D eigenvalue weighted by molar-refractivity contribution is 8.00. The Labute approximate surface area is 111 Å². The minimum atomic E-state index is 0.213. The zero-order chi connectivity index (χ0) is 12.5. The first-order valence-corrected chi connectivity index (χ1v) is 7.29. The van der Waals surface area contributed by atoms with Gasteiger partial charge in [0.2, 0.25) is 5.91 Å². The standard InChI is InChI=1S/C13H17N3OS/c14-9-1-2-12-11(7-9)16(13(17)8-18-12)10-3-5-15-6-4-10/h1-2,7,10,15H,3-6,8,14H2. The molecule has 0 radical (unpaired) electrons. The summed E-state index contributed by atoms with van der Waals surface area (Å²) in [6, 6.07) is 6.18. The van der Waals surface area contributed by atoms with Crippen molar-refractivity contribution in [3.8, 4) is 0 Å². The fourth-order valence-corrected chi connectivity index (χ4v) is 3.54. The van der Waals surface area contributed by atoms with Crippen molar-refractivity contribution in [2.75, 3.05) is 29.5 Å². The third-order valence-electron chi connectivity index (χ3n) is 3.54. The molecule has 2 aliphatic heterocycles. The highest BCUT2D eigenvalue weighted by Gasteiger charge is 2.31. The summed E-state index contributed by atoms with van der Waals surface area (Å²) in [5.41, 5.74) is 7.59. The third kappa shape index (κ3) is 2.08. The van der Waals surface area contributed by atoms with Crippen LogP contribution in [0.3, 0.4) is 0 Å². The number of nitrogens with zero attached hydrogens (tertiary/aromatic N) is 1. The number of hydrogen-bond acceptors (Lipinski definition) is 4. The van der Waals surface area contributed by atoms with Crippen molar-refractivity contribution < 1.29 is 4.79 Å². The molecule has 4 nitrogen and oxygen atoms in total. The largest absolute Gasteiger partial charge is 0.399 e. The first-order chi connectivity index (χ1) is 8.75. The number of benzene rings is 1. The molecule has 3 rings (SSSR count). The van der Waals surface area contributed by atoms with Crippen LogP contribution in [0.25, 0.3) is 0 Å². The van der Waals surface area contributed by atoms with Crippen molar-refractivity contribution in [1.29, 1.82) is 0 Å². The molecule has 2 heterocycles. The van der Waals surface area contributed by atoms with E-state index in [2.05, 4.69) is 5.32 Å². The normalized spacial score (nSPS) is 20.9. The smallest absolute Gasteiger partial charge is 0.237 e. The van der Waals surface area contributed by atoms with Crippen molar-refractivity contribution in [2.45, 2.75) is 23.8 Å². The average molecular weight is 263 g/mol. The second kappa shape index (κ2) is 4.82. The molecule has 1 saturated heterocycles. The Morgan fingerprint density at radius 3 is 2.89 bits per heavy atom. The summed E-state index contributed by atoms with van der Waals surface area (Å²) in [5, 5.41) is 3.34. The van der Waals surface area contributed by atoms with Gasteiger partial charge in [-0.2, -0.15) is 0 Å². The number of rotatable bonds is 1. The van der Waals surface area contributed by atoms with Gasteiger partial charge in [-0.1, -0.05) is 0 Å². The van der Waals surface area contributed by atoms with Crippen molar-refractivity contribution in [3.05, 3.63) is 18.2 Å². The molecule has 18 heavy (non-hydrogen) atoms. The molecule has 3 N–H and O–H groups in total. The zero-order valence-electron chi connectivity index (χ0n) is 10.2. The van der Waals surface area contributed by atoms with Gasteiger partial charge in [0, 0.05) is 16.6 Å². The Bertz CT molecular complexity index is 471.